The summed E-state index contributed by atoms with van der Waals surface area (Å²) >= 11 is 0. The van der Waals surface area contributed by atoms with E-state index in [0.29, 0.717) is 36.8 Å². The SMILES string of the molecule is CCCCc1ccc(C2CCC(OC(=O)c3ccc(-c4ccc(CC)cc4)c(F)c3F)CC2)c(F)c1. The molecule has 0 aromatic heterocycles. The minimum absolute atomic E-state index is 0.0627. The first-order valence-electron chi connectivity index (χ1n) is 13.0. The lowest BCUT2D eigenvalue weighted by Gasteiger charge is -2.29. The van der Waals surface area contributed by atoms with Crippen LogP contribution in [0.2, 0.25) is 0 Å². The number of ether oxygens (including phenoxy) is 1. The normalized spacial score (nSPS) is 17.7. The third kappa shape index (κ3) is 5.83. The van der Waals surface area contributed by atoms with E-state index in [-0.39, 0.29) is 17.3 Å². The summed E-state index contributed by atoms with van der Waals surface area (Å²) in [5.74, 6) is -3.24. The van der Waals surface area contributed by atoms with Gasteiger partial charge in [0.25, 0.3) is 0 Å². The molecule has 0 atom stereocenters. The van der Waals surface area contributed by atoms with E-state index in [9.17, 15) is 18.0 Å². The van der Waals surface area contributed by atoms with Gasteiger partial charge in [0, 0.05) is 5.56 Å². The second-order valence-corrected chi connectivity index (χ2v) is 9.68. The van der Waals surface area contributed by atoms with Crippen molar-refractivity contribution in [3.8, 4) is 11.1 Å². The van der Waals surface area contributed by atoms with Crippen LogP contribution in [0.25, 0.3) is 11.1 Å². The molecule has 1 saturated carbocycles. The first-order chi connectivity index (χ1) is 17.4. The predicted octanol–water partition coefficient (Wildman–Crippen LogP) is 8.56. The highest BCUT2D eigenvalue weighted by Crippen LogP contribution is 2.36. The van der Waals surface area contributed by atoms with Crippen molar-refractivity contribution < 1.29 is 22.7 Å². The van der Waals surface area contributed by atoms with Gasteiger partial charge in [-0.05, 0) is 85.3 Å². The smallest absolute Gasteiger partial charge is 0.341 e. The van der Waals surface area contributed by atoms with Gasteiger partial charge >= 0.3 is 5.97 Å². The summed E-state index contributed by atoms with van der Waals surface area (Å²) in [6, 6.07) is 15.5. The molecule has 36 heavy (non-hydrogen) atoms. The number of unbranched alkanes of at least 4 members (excludes halogenated alkanes) is 1. The van der Waals surface area contributed by atoms with E-state index in [1.165, 1.54) is 12.1 Å². The fourth-order valence-corrected chi connectivity index (χ4v) is 4.99. The van der Waals surface area contributed by atoms with Crippen LogP contribution in [-0.2, 0) is 17.6 Å². The molecule has 0 heterocycles. The van der Waals surface area contributed by atoms with Gasteiger partial charge in [0.1, 0.15) is 11.9 Å². The fourth-order valence-electron chi connectivity index (χ4n) is 4.99. The Labute approximate surface area is 211 Å². The number of hydrogen-bond acceptors (Lipinski definition) is 2. The molecule has 0 spiro atoms. The number of benzene rings is 3. The highest BCUT2D eigenvalue weighted by molar-refractivity contribution is 5.90. The first-order valence-corrected chi connectivity index (χ1v) is 13.0. The molecule has 0 N–H and O–H groups in total. The van der Waals surface area contributed by atoms with Crippen molar-refractivity contribution >= 4 is 5.97 Å². The zero-order valence-corrected chi connectivity index (χ0v) is 21.0. The minimum Gasteiger partial charge on any atom is -0.459 e. The van der Waals surface area contributed by atoms with Crippen molar-refractivity contribution in [3.63, 3.8) is 0 Å². The average molecular weight is 495 g/mol. The van der Waals surface area contributed by atoms with E-state index < -0.39 is 29.3 Å². The lowest BCUT2D eigenvalue weighted by molar-refractivity contribution is 0.0188. The maximum Gasteiger partial charge on any atom is 0.341 e. The molecule has 0 radical (unpaired) electrons. The molecule has 0 unspecified atom stereocenters. The second-order valence-electron chi connectivity index (χ2n) is 9.68. The highest BCUT2D eigenvalue weighted by atomic mass is 19.2. The molecule has 3 aromatic carbocycles. The minimum atomic E-state index is -1.20. The average Bonchev–Trinajstić information content (AvgIpc) is 2.89. The molecule has 190 valence electrons. The van der Waals surface area contributed by atoms with Crippen molar-refractivity contribution in [2.45, 2.75) is 77.2 Å². The molecule has 3 aromatic rings. The number of carbonyl (C=O) groups excluding carboxylic acids is 1. The van der Waals surface area contributed by atoms with Crippen LogP contribution >= 0.6 is 0 Å². The monoisotopic (exact) mass is 494 g/mol. The number of hydrogen-bond donors (Lipinski definition) is 0. The van der Waals surface area contributed by atoms with Gasteiger partial charge in [0.15, 0.2) is 11.6 Å². The van der Waals surface area contributed by atoms with E-state index in [0.717, 1.165) is 36.8 Å². The molecule has 0 aliphatic heterocycles. The first kappa shape index (κ1) is 26.0. The molecule has 1 aliphatic carbocycles. The number of rotatable bonds is 8. The van der Waals surface area contributed by atoms with Crippen molar-refractivity contribution in [2.24, 2.45) is 0 Å². The van der Waals surface area contributed by atoms with Crippen LogP contribution in [0.15, 0.2) is 54.6 Å². The van der Waals surface area contributed by atoms with Crippen LogP contribution in [-0.4, -0.2) is 12.1 Å². The number of aryl methyl sites for hydroxylation is 2. The second kappa shape index (κ2) is 11.8. The number of halogens is 3. The maximum atomic E-state index is 14.8. The van der Waals surface area contributed by atoms with E-state index in [1.54, 1.807) is 18.2 Å². The third-order valence-corrected chi connectivity index (χ3v) is 7.25. The lowest BCUT2D eigenvalue weighted by atomic mass is 9.82. The molecule has 2 nitrogen and oxygen atoms in total. The molecule has 5 heteroatoms. The predicted molar refractivity (Wildman–Crippen MR) is 137 cm³/mol. The zero-order chi connectivity index (χ0) is 25.7. The van der Waals surface area contributed by atoms with Gasteiger partial charge in [0.2, 0.25) is 0 Å². The van der Waals surface area contributed by atoms with Gasteiger partial charge in [-0.25, -0.2) is 18.0 Å². The Morgan fingerprint density at radius 2 is 1.56 bits per heavy atom. The Morgan fingerprint density at radius 3 is 2.19 bits per heavy atom. The van der Waals surface area contributed by atoms with Crippen molar-refractivity contribution in [3.05, 3.63) is 94.3 Å². The molecule has 0 saturated heterocycles. The Hall–Kier alpha value is -3.08. The Bertz CT molecular complexity index is 1200. The fraction of sp³-hybridized carbons (Fsp3) is 0.387. The summed E-state index contributed by atoms with van der Waals surface area (Å²) in [5, 5.41) is 0. The van der Waals surface area contributed by atoms with E-state index >= 15 is 0 Å². The van der Waals surface area contributed by atoms with Gasteiger partial charge in [-0.1, -0.05) is 62.7 Å². The van der Waals surface area contributed by atoms with Gasteiger partial charge in [0.05, 0.1) is 5.56 Å². The molecule has 4 rings (SSSR count). The van der Waals surface area contributed by atoms with Crippen molar-refractivity contribution in [2.75, 3.05) is 0 Å². The van der Waals surface area contributed by atoms with Crippen LogP contribution < -0.4 is 0 Å². The number of carbonyl (C=O) groups is 1. The third-order valence-electron chi connectivity index (χ3n) is 7.25. The summed E-state index contributed by atoms with van der Waals surface area (Å²) in [6.45, 7) is 4.13. The maximum absolute atomic E-state index is 14.8. The zero-order valence-electron chi connectivity index (χ0n) is 21.0. The van der Waals surface area contributed by atoms with Crippen LogP contribution in [0.4, 0.5) is 13.2 Å². The largest absolute Gasteiger partial charge is 0.459 e. The van der Waals surface area contributed by atoms with E-state index in [2.05, 4.69) is 6.92 Å². The van der Waals surface area contributed by atoms with Crippen LogP contribution in [0.1, 0.15) is 85.3 Å². The van der Waals surface area contributed by atoms with Crippen LogP contribution in [0, 0.1) is 17.5 Å². The van der Waals surface area contributed by atoms with Crippen molar-refractivity contribution in [1.29, 1.82) is 0 Å². The summed E-state index contributed by atoms with van der Waals surface area (Å²) in [5.41, 5.74) is 3.07. The summed E-state index contributed by atoms with van der Waals surface area (Å²) in [4.78, 5) is 12.7. The Balaban J connectivity index is 1.37. The molecular formula is C31H33F3O2. The Kier molecular flexibility index (Phi) is 8.50. The highest BCUT2D eigenvalue weighted by Gasteiger charge is 2.28. The standard InChI is InChI=1S/C31H33F3O2/c1-3-5-6-21-9-16-25(28(32)19-21)22-12-14-24(15-13-22)36-31(35)27-18-17-26(29(33)30(27)34)23-10-7-20(4-2)8-11-23/h7-11,16-19,22,24H,3-6,12-15H2,1-2H3. The summed E-state index contributed by atoms with van der Waals surface area (Å²) < 4.78 is 49.9. The summed E-state index contributed by atoms with van der Waals surface area (Å²) in [7, 11) is 0. The molecule has 1 aliphatic rings. The van der Waals surface area contributed by atoms with Gasteiger partial charge in [-0.2, -0.15) is 0 Å². The number of esters is 1. The molecule has 1 fully saturated rings. The van der Waals surface area contributed by atoms with E-state index in [4.69, 9.17) is 4.74 Å². The molecule has 0 bridgehead atoms. The summed E-state index contributed by atoms with van der Waals surface area (Å²) in [6.07, 6.45) is 5.89. The molecular weight excluding hydrogens is 461 g/mol. The lowest BCUT2D eigenvalue weighted by Crippen LogP contribution is -2.25. The van der Waals surface area contributed by atoms with Gasteiger partial charge < -0.3 is 4.74 Å². The molecule has 0 amide bonds. The van der Waals surface area contributed by atoms with Crippen molar-refractivity contribution in [1.82, 2.24) is 0 Å². The topological polar surface area (TPSA) is 26.3 Å². The van der Waals surface area contributed by atoms with E-state index in [1.807, 2.05) is 31.2 Å². The van der Waals surface area contributed by atoms with Gasteiger partial charge in [-0.3, -0.25) is 0 Å². The Morgan fingerprint density at radius 1 is 0.861 bits per heavy atom. The van der Waals surface area contributed by atoms with Gasteiger partial charge in [-0.15, -0.1) is 0 Å². The quantitative estimate of drug-likeness (QED) is 0.293. The van der Waals surface area contributed by atoms with Crippen LogP contribution in [0.3, 0.4) is 0 Å². The van der Waals surface area contributed by atoms with Crippen LogP contribution in [0.5, 0.6) is 0 Å².